The van der Waals surface area contributed by atoms with Gasteiger partial charge in [0.05, 0.1) is 19.8 Å². The highest BCUT2D eigenvalue weighted by molar-refractivity contribution is 4.93. The molecule has 19 heavy (non-hydrogen) atoms. The first-order valence-electron chi connectivity index (χ1n) is 6.80. The Kier molecular flexibility index (Phi) is 4.92. The van der Waals surface area contributed by atoms with Crippen molar-refractivity contribution in [2.24, 2.45) is 32.6 Å². The van der Waals surface area contributed by atoms with Crippen LogP contribution in [-0.2, 0) is 4.74 Å². The topological polar surface area (TPSA) is 101 Å². The van der Waals surface area contributed by atoms with Gasteiger partial charge in [0.2, 0.25) is 0 Å². The summed E-state index contributed by atoms with van der Waals surface area (Å²) in [5, 5.41) is 7.37. The number of nitrogens with two attached hydrogens (primary N) is 2. The van der Waals surface area contributed by atoms with Gasteiger partial charge in [-0.3, -0.25) is 5.43 Å². The second-order valence-electron chi connectivity index (χ2n) is 7.28. The maximum absolute atomic E-state index is 6.03. The van der Waals surface area contributed by atoms with Gasteiger partial charge in [-0.05, 0) is 30.1 Å². The minimum Gasteiger partial charge on any atom is -0.354 e. The third kappa shape index (κ3) is 6.31. The Labute approximate surface area is 116 Å². The number of nitrogens with zero attached hydrogens (tertiary/aromatic N) is 2. The van der Waals surface area contributed by atoms with Gasteiger partial charge >= 0.3 is 0 Å². The van der Waals surface area contributed by atoms with E-state index >= 15 is 0 Å². The average Bonchev–Trinajstić information content (AvgIpc) is 2.88. The second-order valence-corrected chi connectivity index (χ2v) is 7.28. The van der Waals surface area contributed by atoms with E-state index in [0.29, 0.717) is 6.61 Å². The fourth-order valence-corrected chi connectivity index (χ4v) is 3.21. The Bertz CT molecular complexity index is 323. The molecule has 0 radical (unpaired) electrons. The number of nitrogens with one attached hydrogen (secondary N) is 1. The van der Waals surface area contributed by atoms with Gasteiger partial charge in [0.25, 0.3) is 0 Å². The Morgan fingerprint density at radius 3 is 2.37 bits per heavy atom. The second kappa shape index (κ2) is 5.73. The summed E-state index contributed by atoms with van der Waals surface area (Å²) in [6, 6.07) is 0. The van der Waals surface area contributed by atoms with Gasteiger partial charge in [0, 0.05) is 0 Å². The monoisotopic (exact) mass is 271 g/mol. The van der Waals surface area contributed by atoms with Crippen molar-refractivity contribution in [1.29, 1.82) is 0 Å². The van der Waals surface area contributed by atoms with E-state index < -0.39 is 5.72 Å². The largest absolute Gasteiger partial charge is 0.354 e. The third-order valence-electron chi connectivity index (χ3n) is 3.35. The molecule has 0 spiro atoms. The minimum absolute atomic E-state index is 0.102. The van der Waals surface area contributed by atoms with Crippen LogP contribution in [-0.4, -0.2) is 25.5 Å². The highest BCUT2D eigenvalue weighted by Crippen LogP contribution is 2.43. The van der Waals surface area contributed by atoms with Gasteiger partial charge in [-0.25, -0.2) is 0 Å². The fourth-order valence-electron chi connectivity index (χ4n) is 3.21. The molecule has 1 heterocycles. The van der Waals surface area contributed by atoms with Crippen LogP contribution in [0.1, 0.15) is 47.0 Å². The van der Waals surface area contributed by atoms with Crippen molar-refractivity contribution in [2.75, 3.05) is 13.7 Å². The van der Waals surface area contributed by atoms with E-state index in [2.05, 4.69) is 43.5 Å². The molecule has 1 fully saturated rings. The van der Waals surface area contributed by atoms with Crippen molar-refractivity contribution in [3.05, 3.63) is 0 Å². The van der Waals surface area contributed by atoms with Gasteiger partial charge in [0.15, 0.2) is 0 Å². The molecule has 6 nitrogen and oxygen atoms in total. The van der Waals surface area contributed by atoms with E-state index in [0.717, 1.165) is 19.3 Å². The van der Waals surface area contributed by atoms with E-state index in [4.69, 9.17) is 16.2 Å². The van der Waals surface area contributed by atoms with Crippen molar-refractivity contribution >= 4 is 0 Å². The summed E-state index contributed by atoms with van der Waals surface area (Å²) in [7, 11) is 1.62. The van der Waals surface area contributed by atoms with E-state index in [1.165, 1.54) is 0 Å². The first kappa shape index (κ1) is 16.3. The average molecular weight is 271 g/mol. The van der Waals surface area contributed by atoms with Gasteiger partial charge in [-0.1, -0.05) is 32.9 Å². The van der Waals surface area contributed by atoms with E-state index in [1.54, 1.807) is 7.05 Å². The molecule has 0 bridgehead atoms. The van der Waals surface area contributed by atoms with Crippen LogP contribution in [0.2, 0.25) is 0 Å². The standard InChI is InChI=1S/C13H29N5O/c1-11(2,6-10(14)17-18-16-5)7-12(3,4)8-13(15)9-19-13/h10H,6-9,14-15H2,1-5H3,(H,16,17). The smallest absolute Gasteiger partial charge is 0.141 e. The molecule has 112 valence electrons. The molecule has 1 saturated heterocycles. The molecular formula is C13H29N5O. The lowest BCUT2D eigenvalue weighted by atomic mass is 9.70. The Hall–Kier alpha value is -0.720. The van der Waals surface area contributed by atoms with Crippen LogP contribution in [0.25, 0.3) is 0 Å². The van der Waals surface area contributed by atoms with Crippen molar-refractivity contribution in [3.8, 4) is 0 Å². The molecule has 0 aromatic rings. The third-order valence-corrected chi connectivity index (χ3v) is 3.35. The molecule has 0 amide bonds. The molecule has 6 heteroatoms. The molecule has 1 aliphatic rings. The van der Waals surface area contributed by atoms with E-state index in [-0.39, 0.29) is 17.0 Å². The van der Waals surface area contributed by atoms with Crippen LogP contribution >= 0.6 is 0 Å². The summed E-state index contributed by atoms with van der Waals surface area (Å²) < 4.78 is 5.29. The molecule has 1 aliphatic heterocycles. The molecule has 0 saturated carbocycles. The van der Waals surface area contributed by atoms with Crippen molar-refractivity contribution in [1.82, 2.24) is 5.43 Å². The zero-order valence-corrected chi connectivity index (χ0v) is 12.9. The van der Waals surface area contributed by atoms with Gasteiger partial charge < -0.3 is 16.2 Å². The molecule has 0 aliphatic carbocycles. The summed E-state index contributed by atoms with van der Waals surface area (Å²) >= 11 is 0. The predicted molar refractivity (Wildman–Crippen MR) is 76.2 cm³/mol. The van der Waals surface area contributed by atoms with Crippen LogP contribution in [0.15, 0.2) is 10.3 Å². The van der Waals surface area contributed by atoms with Gasteiger partial charge in [-0.15, -0.1) is 0 Å². The SMILES string of the molecule is CN=NNC(N)CC(C)(C)CC(C)(C)CC1(N)CO1. The fraction of sp³-hybridized carbons (Fsp3) is 1.00. The van der Waals surface area contributed by atoms with Crippen molar-refractivity contribution < 1.29 is 4.74 Å². The zero-order chi connectivity index (χ0) is 14.7. The number of rotatable bonds is 8. The Morgan fingerprint density at radius 1 is 1.32 bits per heavy atom. The van der Waals surface area contributed by atoms with Gasteiger partial charge in [-0.2, -0.15) is 5.11 Å². The molecular weight excluding hydrogens is 242 g/mol. The summed E-state index contributed by atoms with van der Waals surface area (Å²) in [5.41, 5.74) is 14.7. The van der Waals surface area contributed by atoms with Crippen molar-refractivity contribution in [3.63, 3.8) is 0 Å². The highest BCUT2D eigenvalue weighted by atomic mass is 16.6. The normalized spacial score (nSPS) is 25.6. The Balaban J connectivity index is 2.47. The lowest BCUT2D eigenvalue weighted by molar-refractivity contribution is 0.123. The summed E-state index contributed by atoms with van der Waals surface area (Å²) in [4.78, 5) is 0. The maximum atomic E-state index is 6.03. The molecule has 5 N–H and O–H groups in total. The molecule has 1 rings (SSSR count). The van der Waals surface area contributed by atoms with E-state index in [9.17, 15) is 0 Å². The zero-order valence-electron chi connectivity index (χ0n) is 12.9. The first-order valence-corrected chi connectivity index (χ1v) is 6.80. The summed E-state index contributed by atoms with van der Waals surface area (Å²) in [6.07, 6.45) is 2.55. The number of epoxide rings is 1. The molecule has 0 aromatic carbocycles. The summed E-state index contributed by atoms with van der Waals surface area (Å²) in [5.74, 6) is 0. The van der Waals surface area contributed by atoms with Crippen LogP contribution in [0.4, 0.5) is 0 Å². The number of ether oxygens (including phenoxy) is 1. The Morgan fingerprint density at radius 2 is 1.89 bits per heavy atom. The lowest BCUT2D eigenvalue weighted by Crippen LogP contribution is -2.40. The van der Waals surface area contributed by atoms with Crippen LogP contribution < -0.4 is 16.9 Å². The van der Waals surface area contributed by atoms with Crippen LogP contribution in [0.3, 0.4) is 0 Å². The molecule has 2 unspecified atom stereocenters. The molecule has 0 aromatic heterocycles. The van der Waals surface area contributed by atoms with Crippen LogP contribution in [0.5, 0.6) is 0 Å². The van der Waals surface area contributed by atoms with Gasteiger partial charge in [0.1, 0.15) is 5.72 Å². The minimum atomic E-state index is -0.392. The van der Waals surface area contributed by atoms with E-state index in [1.807, 2.05) is 0 Å². The molecule has 2 atom stereocenters. The predicted octanol–water partition coefficient (Wildman–Crippen LogP) is 1.77. The number of hydrogen-bond acceptors (Lipinski definition) is 5. The quantitative estimate of drug-likeness (QED) is 0.271. The van der Waals surface area contributed by atoms with Crippen molar-refractivity contribution in [2.45, 2.75) is 58.8 Å². The lowest BCUT2D eigenvalue weighted by Gasteiger charge is -2.37. The van der Waals surface area contributed by atoms with Crippen LogP contribution in [0, 0.1) is 10.8 Å². The first-order chi connectivity index (χ1) is 8.58. The summed E-state index contributed by atoms with van der Waals surface area (Å²) in [6.45, 7) is 9.58. The number of hydrogen-bond donors (Lipinski definition) is 3. The highest BCUT2D eigenvalue weighted by Gasteiger charge is 2.45. The maximum Gasteiger partial charge on any atom is 0.141 e.